The summed E-state index contributed by atoms with van der Waals surface area (Å²) in [6, 6.07) is 9.66. The number of carbonyl (C=O) groups excluding carboxylic acids is 3. The highest BCUT2D eigenvalue weighted by atomic mass is 19.1. The average Bonchev–Trinajstić information content (AvgIpc) is 2.93. The molecule has 2 aromatic carbocycles. The van der Waals surface area contributed by atoms with Crippen molar-refractivity contribution in [1.82, 2.24) is 20.0 Å². The van der Waals surface area contributed by atoms with Crippen LogP contribution in [-0.4, -0.2) is 91.6 Å². The molecule has 9 nitrogen and oxygen atoms in total. The molecule has 2 saturated heterocycles. The van der Waals surface area contributed by atoms with Crippen LogP contribution in [0.4, 0.5) is 29.7 Å². The smallest absolute Gasteiger partial charge is 0.321 e. The maximum absolute atomic E-state index is 14.9. The van der Waals surface area contributed by atoms with Crippen LogP contribution < -0.4 is 15.5 Å². The first-order valence-electron chi connectivity index (χ1n) is 13.0. The van der Waals surface area contributed by atoms with Crippen LogP contribution in [0.15, 0.2) is 42.5 Å². The number of halogens is 2. The van der Waals surface area contributed by atoms with Crippen molar-refractivity contribution in [2.75, 3.05) is 69.1 Å². The van der Waals surface area contributed by atoms with Crippen molar-refractivity contribution in [1.29, 1.82) is 0 Å². The molecule has 2 aromatic rings. The zero-order valence-electron chi connectivity index (χ0n) is 21.6. The van der Waals surface area contributed by atoms with Crippen LogP contribution in [-0.2, 0) is 0 Å². The lowest BCUT2D eigenvalue weighted by atomic mass is 10.2. The monoisotopic (exact) mass is 528 g/mol. The maximum atomic E-state index is 14.9. The number of amides is 5. The van der Waals surface area contributed by atoms with Crippen molar-refractivity contribution in [3.63, 3.8) is 0 Å². The summed E-state index contributed by atoms with van der Waals surface area (Å²) in [7, 11) is 0. The first-order chi connectivity index (χ1) is 18.4. The predicted octanol–water partition coefficient (Wildman–Crippen LogP) is 3.59. The summed E-state index contributed by atoms with van der Waals surface area (Å²) < 4.78 is 28.4. The Kier molecular flexibility index (Phi) is 8.98. The molecule has 11 heteroatoms. The third-order valence-electron chi connectivity index (χ3n) is 6.84. The van der Waals surface area contributed by atoms with Crippen molar-refractivity contribution >= 4 is 29.3 Å². The fourth-order valence-corrected chi connectivity index (χ4v) is 4.59. The Bertz CT molecular complexity index is 1150. The van der Waals surface area contributed by atoms with Gasteiger partial charge in [0.15, 0.2) is 0 Å². The fraction of sp³-hybridized carbons (Fsp3) is 0.444. The van der Waals surface area contributed by atoms with E-state index in [0.29, 0.717) is 70.3 Å². The number of hydrogen-bond donors (Lipinski definition) is 2. The van der Waals surface area contributed by atoms with E-state index < -0.39 is 11.6 Å². The molecule has 0 bridgehead atoms. The van der Waals surface area contributed by atoms with E-state index in [1.54, 1.807) is 32.9 Å². The molecule has 204 valence electrons. The molecule has 2 fully saturated rings. The Hall–Kier alpha value is -3.89. The Morgan fingerprint density at radius 3 is 2.13 bits per heavy atom. The van der Waals surface area contributed by atoms with E-state index in [1.807, 2.05) is 4.90 Å². The van der Waals surface area contributed by atoms with Crippen LogP contribution in [0.3, 0.4) is 0 Å². The van der Waals surface area contributed by atoms with Gasteiger partial charge in [0.25, 0.3) is 5.91 Å². The molecular weight excluding hydrogens is 494 g/mol. The van der Waals surface area contributed by atoms with Crippen LogP contribution in [0.25, 0.3) is 0 Å². The number of nitrogens with one attached hydrogen (secondary N) is 2. The Morgan fingerprint density at radius 2 is 1.47 bits per heavy atom. The number of hydrogen-bond acceptors (Lipinski definition) is 4. The molecule has 5 amide bonds. The summed E-state index contributed by atoms with van der Waals surface area (Å²) in [6.07, 6.45) is 1.95. The van der Waals surface area contributed by atoms with E-state index in [-0.39, 0.29) is 23.5 Å². The van der Waals surface area contributed by atoms with Gasteiger partial charge in [-0.1, -0.05) is 19.4 Å². The first kappa shape index (κ1) is 27.2. The summed E-state index contributed by atoms with van der Waals surface area (Å²) >= 11 is 0. The molecule has 2 aliphatic rings. The van der Waals surface area contributed by atoms with E-state index in [4.69, 9.17) is 0 Å². The van der Waals surface area contributed by atoms with E-state index in [2.05, 4.69) is 17.6 Å². The number of piperazine rings is 2. The second kappa shape index (κ2) is 12.6. The molecule has 2 N–H and O–H groups in total. The average molecular weight is 529 g/mol. The fourth-order valence-electron chi connectivity index (χ4n) is 4.59. The Labute approximate surface area is 221 Å². The number of nitrogens with zero attached hydrogens (tertiary/aromatic N) is 4. The van der Waals surface area contributed by atoms with E-state index in [9.17, 15) is 23.2 Å². The number of rotatable bonds is 6. The molecular formula is C27H34F2N6O3. The van der Waals surface area contributed by atoms with Crippen molar-refractivity contribution in [2.24, 2.45) is 0 Å². The molecule has 0 atom stereocenters. The second-order valence-corrected chi connectivity index (χ2v) is 9.45. The third-order valence-corrected chi connectivity index (χ3v) is 6.84. The number of carbonyl (C=O) groups is 3. The number of urea groups is 2. The summed E-state index contributed by atoms with van der Waals surface area (Å²) in [5, 5.41) is 5.63. The van der Waals surface area contributed by atoms with Crippen molar-refractivity contribution < 1.29 is 23.2 Å². The topological polar surface area (TPSA) is 88.2 Å². The third kappa shape index (κ3) is 6.70. The zero-order chi connectivity index (χ0) is 27.1. The minimum absolute atomic E-state index is 0.0872. The van der Waals surface area contributed by atoms with E-state index in [1.165, 1.54) is 24.3 Å². The predicted molar refractivity (Wildman–Crippen MR) is 141 cm³/mol. The van der Waals surface area contributed by atoms with Gasteiger partial charge in [-0.2, -0.15) is 0 Å². The number of unbranched alkanes of at least 4 members (excludes halogenated alkanes) is 1. The highest BCUT2D eigenvalue weighted by molar-refractivity contribution is 5.94. The van der Waals surface area contributed by atoms with Crippen LogP contribution in [0, 0.1) is 11.6 Å². The Morgan fingerprint density at radius 1 is 0.816 bits per heavy atom. The molecule has 2 heterocycles. The zero-order valence-corrected chi connectivity index (χ0v) is 21.6. The van der Waals surface area contributed by atoms with Gasteiger partial charge in [0.2, 0.25) is 0 Å². The maximum Gasteiger partial charge on any atom is 0.321 e. The largest absolute Gasteiger partial charge is 0.366 e. The molecule has 0 aliphatic carbocycles. The molecule has 38 heavy (non-hydrogen) atoms. The summed E-state index contributed by atoms with van der Waals surface area (Å²) in [5.74, 6) is -1.20. The van der Waals surface area contributed by atoms with Gasteiger partial charge in [0.1, 0.15) is 11.6 Å². The minimum Gasteiger partial charge on any atom is -0.366 e. The van der Waals surface area contributed by atoms with Crippen LogP contribution in [0.5, 0.6) is 0 Å². The van der Waals surface area contributed by atoms with Crippen LogP contribution in [0.2, 0.25) is 0 Å². The standard InChI is InChI=1S/C27H34F2N6O3/c1-2-3-9-30-26(37)34-14-10-32(11-15-34)24-8-7-22(19-23(24)29)31-27(38)35-16-12-33(13-17-35)25(36)20-5-4-6-21(28)18-20/h4-8,18-19H,2-3,9-17H2,1H3,(H,30,37)(H,31,38). The summed E-state index contributed by atoms with van der Waals surface area (Å²) in [5.41, 5.74) is 1.04. The molecule has 4 rings (SSSR count). The van der Waals surface area contributed by atoms with Crippen molar-refractivity contribution in [3.05, 3.63) is 59.7 Å². The lowest BCUT2D eigenvalue weighted by molar-refractivity contribution is 0.0671. The lowest BCUT2D eigenvalue weighted by Gasteiger charge is -2.36. The molecule has 0 spiro atoms. The quantitative estimate of drug-likeness (QED) is 0.561. The Balaban J connectivity index is 1.25. The molecule has 2 aliphatic heterocycles. The lowest BCUT2D eigenvalue weighted by Crippen LogP contribution is -2.52. The van der Waals surface area contributed by atoms with Gasteiger partial charge in [-0.05, 0) is 42.8 Å². The number of benzene rings is 2. The van der Waals surface area contributed by atoms with E-state index >= 15 is 0 Å². The van der Waals surface area contributed by atoms with Gasteiger partial charge in [0.05, 0.1) is 5.69 Å². The minimum atomic E-state index is -0.473. The molecule has 0 unspecified atom stereocenters. The van der Waals surface area contributed by atoms with Gasteiger partial charge >= 0.3 is 12.1 Å². The first-order valence-corrected chi connectivity index (χ1v) is 13.0. The molecule has 0 aromatic heterocycles. The van der Waals surface area contributed by atoms with Gasteiger partial charge in [-0.3, -0.25) is 4.79 Å². The number of anilines is 2. The molecule has 0 radical (unpaired) electrons. The van der Waals surface area contributed by atoms with Gasteiger partial charge in [-0.25, -0.2) is 18.4 Å². The SMILES string of the molecule is CCCCNC(=O)N1CCN(c2ccc(NC(=O)N3CCN(C(=O)c4cccc(F)c4)CC3)cc2F)CC1. The summed E-state index contributed by atoms with van der Waals surface area (Å²) in [6.45, 7) is 6.02. The van der Waals surface area contributed by atoms with Gasteiger partial charge < -0.3 is 30.2 Å². The normalized spacial score (nSPS) is 15.9. The highest BCUT2D eigenvalue weighted by Gasteiger charge is 2.26. The molecule has 0 saturated carbocycles. The van der Waals surface area contributed by atoms with Crippen molar-refractivity contribution in [2.45, 2.75) is 19.8 Å². The second-order valence-electron chi connectivity index (χ2n) is 9.45. The van der Waals surface area contributed by atoms with Crippen molar-refractivity contribution in [3.8, 4) is 0 Å². The summed E-state index contributed by atoms with van der Waals surface area (Å²) in [4.78, 5) is 44.3. The van der Waals surface area contributed by atoms with E-state index in [0.717, 1.165) is 12.8 Å². The van der Waals surface area contributed by atoms with Gasteiger partial charge in [-0.15, -0.1) is 0 Å². The van der Waals surface area contributed by atoms with Crippen LogP contribution in [0.1, 0.15) is 30.1 Å². The highest BCUT2D eigenvalue weighted by Crippen LogP contribution is 2.24. The van der Waals surface area contributed by atoms with Gasteiger partial charge in [0, 0.05) is 70.2 Å². The van der Waals surface area contributed by atoms with Crippen LogP contribution >= 0.6 is 0 Å².